The Morgan fingerprint density at radius 3 is 2.52 bits per heavy atom. The Hall–Kier alpha value is -0.940. The molecule has 5 nitrogen and oxygen atoms in total. The fourth-order valence-electron chi connectivity index (χ4n) is 4.70. The van der Waals surface area contributed by atoms with Crippen LogP contribution in [0.1, 0.15) is 39.5 Å². The van der Waals surface area contributed by atoms with Crippen LogP contribution in [-0.4, -0.2) is 37.9 Å². The third-order valence-corrected chi connectivity index (χ3v) is 6.02. The monoisotopic (exact) mass is 296 g/mol. The Morgan fingerprint density at radius 1 is 1.24 bits per heavy atom. The molecule has 0 N–H and O–H groups in total. The first-order valence-electron chi connectivity index (χ1n) is 7.85. The van der Waals surface area contributed by atoms with Crippen molar-refractivity contribution in [3.05, 3.63) is 0 Å². The van der Waals surface area contributed by atoms with Crippen molar-refractivity contribution in [2.24, 2.45) is 23.2 Å². The van der Waals surface area contributed by atoms with Crippen molar-refractivity contribution in [2.75, 3.05) is 20.3 Å². The van der Waals surface area contributed by atoms with E-state index in [4.69, 9.17) is 14.2 Å². The molecule has 0 radical (unpaired) electrons. The van der Waals surface area contributed by atoms with Gasteiger partial charge in [-0.05, 0) is 25.2 Å². The summed E-state index contributed by atoms with van der Waals surface area (Å²) in [5.74, 6) is -1.07. The number of hydrogen-bond donors (Lipinski definition) is 0. The van der Waals surface area contributed by atoms with Gasteiger partial charge in [-0.15, -0.1) is 0 Å². The van der Waals surface area contributed by atoms with Crippen molar-refractivity contribution in [3.63, 3.8) is 0 Å². The lowest BCUT2D eigenvalue weighted by Crippen LogP contribution is -2.58. The summed E-state index contributed by atoms with van der Waals surface area (Å²) >= 11 is 0. The number of methoxy groups -OCH3 is 1. The summed E-state index contributed by atoms with van der Waals surface area (Å²) in [5.41, 5.74) is -0.461. The molecule has 1 aliphatic heterocycles. The highest BCUT2D eigenvalue weighted by Gasteiger charge is 2.60. The summed E-state index contributed by atoms with van der Waals surface area (Å²) in [6, 6.07) is 0. The lowest BCUT2D eigenvalue weighted by atomic mass is 9.53. The highest BCUT2D eigenvalue weighted by atomic mass is 16.7. The van der Waals surface area contributed by atoms with Crippen LogP contribution in [0.15, 0.2) is 0 Å². The summed E-state index contributed by atoms with van der Waals surface area (Å²) in [7, 11) is 1.35. The second-order valence-electron chi connectivity index (χ2n) is 6.84. The first-order chi connectivity index (χ1) is 9.94. The number of hydrogen-bond acceptors (Lipinski definition) is 5. The number of ketones is 1. The fraction of sp³-hybridized carbons (Fsp3) is 0.875. The molecule has 0 aromatic heterocycles. The summed E-state index contributed by atoms with van der Waals surface area (Å²) in [6.45, 7) is 5.39. The van der Waals surface area contributed by atoms with Gasteiger partial charge in [-0.25, -0.2) is 0 Å². The number of ether oxygens (including phenoxy) is 3. The molecule has 5 heteroatoms. The van der Waals surface area contributed by atoms with Gasteiger partial charge in [0.1, 0.15) is 5.92 Å². The smallest absolute Gasteiger partial charge is 0.316 e. The van der Waals surface area contributed by atoms with Crippen LogP contribution in [0.2, 0.25) is 0 Å². The Bertz CT molecular complexity index is 454. The fourth-order valence-corrected chi connectivity index (χ4v) is 4.70. The highest BCUT2D eigenvalue weighted by molar-refractivity contribution is 6.02. The minimum Gasteiger partial charge on any atom is -0.468 e. The van der Waals surface area contributed by atoms with Crippen LogP contribution in [0.3, 0.4) is 0 Å². The Labute approximate surface area is 125 Å². The maximum absolute atomic E-state index is 12.8. The average Bonchev–Trinajstić information content (AvgIpc) is 2.95. The summed E-state index contributed by atoms with van der Waals surface area (Å²) in [4.78, 5) is 24.7. The van der Waals surface area contributed by atoms with Crippen molar-refractivity contribution in [3.8, 4) is 0 Å². The van der Waals surface area contributed by atoms with Crippen LogP contribution in [0.25, 0.3) is 0 Å². The van der Waals surface area contributed by atoms with Crippen LogP contribution in [0, 0.1) is 23.2 Å². The van der Waals surface area contributed by atoms with Crippen molar-refractivity contribution < 1.29 is 23.8 Å². The van der Waals surface area contributed by atoms with Gasteiger partial charge in [0.25, 0.3) is 0 Å². The molecule has 3 rings (SSSR count). The number of Topliss-reactive ketones (excluding diaryl/α,β-unsaturated/α-hetero) is 1. The molecule has 4 atom stereocenters. The zero-order valence-corrected chi connectivity index (χ0v) is 13.0. The predicted molar refractivity (Wildman–Crippen MR) is 74.4 cm³/mol. The van der Waals surface area contributed by atoms with E-state index in [1.807, 2.05) is 6.92 Å². The SMILES string of the molecule is COC(=O)C1CC[C@@H]2[C@@H](C)C3(CC[C@@]2(C)C1=O)OCCO3. The first kappa shape index (κ1) is 15.0. The lowest BCUT2D eigenvalue weighted by molar-refractivity contribution is -0.244. The van der Waals surface area contributed by atoms with Gasteiger partial charge in [0.05, 0.1) is 20.3 Å². The molecule has 1 unspecified atom stereocenters. The van der Waals surface area contributed by atoms with Crippen molar-refractivity contribution in [1.82, 2.24) is 0 Å². The van der Waals surface area contributed by atoms with Gasteiger partial charge >= 0.3 is 5.97 Å². The van der Waals surface area contributed by atoms with E-state index < -0.39 is 17.1 Å². The number of carbonyl (C=O) groups is 2. The van der Waals surface area contributed by atoms with Crippen LogP contribution in [0.4, 0.5) is 0 Å². The van der Waals surface area contributed by atoms with E-state index in [2.05, 4.69) is 6.92 Å². The molecule has 118 valence electrons. The van der Waals surface area contributed by atoms with Crippen LogP contribution in [-0.2, 0) is 23.8 Å². The number of rotatable bonds is 1. The molecule has 1 saturated heterocycles. The minimum atomic E-state index is -0.595. The molecule has 0 bridgehead atoms. The van der Waals surface area contributed by atoms with E-state index >= 15 is 0 Å². The van der Waals surface area contributed by atoms with E-state index in [-0.39, 0.29) is 23.6 Å². The van der Waals surface area contributed by atoms with Gasteiger partial charge in [-0.2, -0.15) is 0 Å². The topological polar surface area (TPSA) is 61.8 Å². The molecule has 3 aliphatic rings. The Morgan fingerprint density at radius 2 is 1.90 bits per heavy atom. The first-order valence-corrected chi connectivity index (χ1v) is 7.85. The Kier molecular flexibility index (Phi) is 3.61. The second-order valence-corrected chi connectivity index (χ2v) is 6.84. The number of esters is 1. The van der Waals surface area contributed by atoms with E-state index in [0.29, 0.717) is 26.1 Å². The summed E-state index contributed by atoms with van der Waals surface area (Å²) < 4.78 is 16.6. The van der Waals surface area contributed by atoms with E-state index in [9.17, 15) is 9.59 Å². The van der Waals surface area contributed by atoms with Gasteiger partial charge in [0.2, 0.25) is 0 Å². The van der Waals surface area contributed by atoms with Crippen molar-refractivity contribution in [1.29, 1.82) is 0 Å². The van der Waals surface area contributed by atoms with Gasteiger partial charge in [-0.3, -0.25) is 9.59 Å². The predicted octanol–water partition coefficient (Wildman–Crippen LogP) is 1.93. The molecule has 0 aromatic carbocycles. The molecular weight excluding hydrogens is 272 g/mol. The van der Waals surface area contributed by atoms with E-state index in [0.717, 1.165) is 12.8 Å². The molecule has 0 aromatic rings. The molecule has 2 saturated carbocycles. The minimum absolute atomic E-state index is 0.0466. The van der Waals surface area contributed by atoms with Gasteiger partial charge in [0, 0.05) is 17.8 Å². The third kappa shape index (κ3) is 2.05. The molecule has 1 spiro atoms. The number of fused-ring (bicyclic) bond motifs is 1. The van der Waals surface area contributed by atoms with Crippen molar-refractivity contribution >= 4 is 11.8 Å². The Balaban J connectivity index is 1.86. The van der Waals surface area contributed by atoms with Crippen molar-refractivity contribution in [2.45, 2.75) is 45.3 Å². The zero-order chi connectivity index (χ0) is 15.3. The second kappa shape index (κ2) is 5.06. The standard InChI is InChI=1S/C16H24O5/c1-10-12-5-4-11(14(18)19-3)13(17)15(12,2)6-7-16(10)20-8-9-21-16/h10-12H,4-9H2,1-3H3/t10-,11?,12-,15-/m1/s1. The van der Waals surface area contributed by atoms with Crippen LogP contribution >= 0.6 is 0 Å². The largest absolute Gasteiger partial charge is 0.468 e. The summed E-state index contributed by atoms with van der Waals surface area (Å²) in [5, 5.41) is 0. The molecule has 21 heavy (non-hydrogen) atoms. The average molecular weight is 296 g/mol. The maximum atomic E-state index is 12.8. The molecule has 3 fully saturated rings. The third-order valence-electron chi connectivity index (χ3n) is 6.02. The molecule has 0 amide bonds. The zero-order valence-electron chi connectivity index (χ0n) is 13.0. The van der Waals surface area contributed by atoms with E-state index in [1.54, 1.807) is 0 Å². The normalized spacial score (nSPS) is 41.9. The van der Waals surface area contributed by atoms with Gasteiger partial charge < -0.3 is 14.2 Å². The highest BCUT2D eigenvalue weighted by Crippen LogP contribution is 2.57. The summed E-state index contributed by atoms with van der Waals surface area (Å²) in [6.07, 6.45) is 2.86. The lowest BCUT2D eigenvalue weighted by Gasteiger charge is -2.54. The van der Waals surface area contributed by atoms with Crippen LogP contribution < -0.4 is 0 Å². The van der Waals surface area contributed by atoms with E-state index in [1.165, 1.54) is 7.11 Å². The molecule has 2 aliphatic carbocycles. The quantitative estimate of drug-likeness (QED) is 0.546. The maximum Gasteiger partial charge on any atom is 0.316 e. The van der Waals surface area contributed by atoms with Gasteiger partial charge in [0.15, 0.2) is 11.6 Å². The van der Waals surface area contributed by atoms with Gasteiger partial charge in [-0.1, -0.05) is 13.8 Å². The molecule has 1 heterocycles. The number of carbonyl (C=O) groups excluding carboxylic acids is 2. The van der Waals surface area contributed by atoms with Crippen LogP contribution in [0.5, 0.6) is 0 Å². The molecular formula is C16H24O5.